The first-order chi connectivity index (χ1) is 16.5. The van der Waals surface area contributed by atoms with E-state index in [0.717, 1.165) is 5.56 Å². The Morgan fingerprint density at radius 1 is 1.00 bits per heavy atom. The third-order valence-electron chi connectivity index (χ3n) is 5.00. The van der Waals surface area contributed by atoms with Crippen molar-refractivity contribution >= 4 is 23.2 Å². The van der Waals surface area contributed by atoms with Gasteiger partial charge in [-0.3, -0.25) is 9.20 Å². The maximum atomic E-state index is 12.8. The molecule has 0 aliphatic heterocycles. The highest BCUT2D eigenvalue weighted by Crippen LogP contribution is 2.28. The standard InChI is InChI=1S/C24H22N4O6/c1-32-19-10-9-17(13-20(19)34-15-22(29)33-2)23(30)25-18-7-5-6-16(12-18)14-28-24(31)27-11-4-3-8-21(27)26-28/h3-13H,14-15H2,1-2H3,(H,25,30). The van der Waals surface area contributed by atoms with Gasteiger partial charge in [-0.2, -0.15) is 0 Å². The Kier molecular flexibility index (Phi) is 6.58. The molecule has 174 valence electrons. The van der Waals surface area contributed by atoms with E-state index in [1.807, 2.05) is 12.1 Å². The van der Waals surface area contributed by atoms with E-state index in [1.165, 1.54) is 29.4 Å². The lowest BCUT2D eigenvalue weighted by molar-refractivity contribution is -0.142. The summed E-state index contributed by atoms with van der Waals surface area (Å²) >= 11 is 0. The minimum absolute atomic E-state index is 0.237. The van der Waals surface area contributed by atoms with Crippen LogP contribution in [0.5, 0.6) is 11.5 Å². The second kappa shape index (κ2) is 9.90. The Hall–Kier alpha value is -4.60. The first-order valence-corrected chi connectivity index (χ1v) is 10.3. The number of nitrogens with one attached hydrogen (secondary N) is 1. The number of rotatable bonds is 8. The van der Waals surface area contributed by atoms with Crippen LogP contribution in [0.25, 0.3) is 5.65 Å². The number of benzene rings is 2. The van der Waals surface area contributed by atoms with Gasteiger partial charge in [0.2, 0.25) is 0 Å². The number of hydrogen-bond donors (Lipinski definition) is 1. The van der Waals surface area contributed by atoms with Crippen LogP contribution in [0.1, 0.15) is 15.9 Å². The summed E-state index contributed by atoms with van der Waals surface area (Å²) in [4.78, 5) is 36.7. The van der Waals surface area contributed by atoms with Gasteiger partial charge in [-0.05, 0) is 48.0 Å². The predicted octanol–water partition coefficient (Wildman–Crippen LogP) is 2.36. The lowest BCUT2D eigenvalue weighted by Crippen LogP contribution is -2.21. The van der Waals surface area contributed by atoms with Crippen LogP contribution in [0.3, 0.4) is 0 Å². The van der Waals surface area contributed by atoms with Crippen molar-refractivity contribution in [1.82, 2.24) is 14.2 Å². The average molecular weight is 462 g/mol. The summed E-state index contributed by atoms with van der Waals surface area (Å²) in [7, 11) is 2.71. The summed E-state index contributed by atoms with van der Waals surface area (Å²) < 4.78 is 18.0. The molecule has 2 aromatic heterocycles. The van der Waals surface area contributed by atoms with Crippen molar-refractivity contribution in [2.45, 2.75) is 6.54 Å². The van der Waals surface area contributed by atoms with Gasteiger partial charge in [0.1, 0.15) is 0 Å². The zero-order valence-electron chi connectivity index (χ0n) is 18.6. The molecule has 2 heterocycles. The smallest absolute Gasteiger partial charge is 0.350 e. The Balaban J connectivity index is 1.50. The second-order valence-corrected chi connectivity index (χ2v) is 7.25. The number of pyridine rings is 1. The zero-order chi connectivity index (χ0) is 24.1. The zero-order valence-corrected chi connectivity index (χ0v) is 18.6. The summed E-state index contributed by atoms with van der Waals surface area (Å²) in [5.41, 5.74) is 1.96. The molecular formula is C24H22N4O6. The molecule has 0 saturated heterocycles. The maximum Gasteiger partial charge on any atom is 0.350 e. The van der Waals surface area contributed by atoms with E-state index >= 15 is 0 Å². The third kappa shape index (κ3) is 4.90. The molecular weight excluding hydrogens is 440 g/mol. The highest BCUT2D eigenvalue weighted by molar-refractivity contribution is 6.04. The van der Waals surface area contributed by atoms with Crippen LogP contribution in [0.15, 0.2) is 71.7 Å². The number of carbonyl (C=O) groups is 2. The molecule has 2 aromatic carbocycles. The Morgan fingerprint density at radius 2 is 1.85 bits per heavy atom. The molecule has 0 aliphatic rings. The number of amides is 1. The van der Waals surface area contributed by atoms with Gasteiger partial charge in [0.05, 0.1) is 20.8 Å². The molecule has 4 rings (SSSR count). The van der Waals surface area contributed by atoms with Crippen LogP contribution in [-0.2, 0) is 16.1 Å². The number of anilines is 1. The first kappa shape index (κ1) is 22.6. The lowest BCUT2D eigenvalue weighted by atomic mass is 10.1. The van der Waals surface area contributed by atoms with E-state index in [9.17, 15) is 14.4 Å². The Bertz CT molecular complexity index is 1410. The van der Waals surface area contributed by atoms with Crippen LogP contribution in [0, 0.1) is 0 Å². The molecule has 1 N–H and O–H groups in total. The van der Waals surface area contributed by atoms with Crippen molar-refractivity contribution in [2.75, 3.05) is 26.1 Å². The summed E-state index contributed by atoms with van der Waals surface area (Å²) in [6, 6.07) is 17.1. The van der Waals surface area contributed by atoms with E-state index in [4.69, 9.17) is 9.47 Å². The fourth-order valence-electron chi connectivity index (χ4n) is 3.32. The van der Waals surface area contributed by atoms with E-state index in [2.05, 4.69) is 15.2 Å². The molecule has 0 saturated carbocycles. The Labute approximate surface area is 194 Å². The molecule has 0 aliphatic carbocycles. The fraction of sp³-hybridized carbons (Fsp3) is 0.167. The van der Waals surface area contributed by atoms with Gasteiger partial charge in [0, 0.05) is 17.4 Å². The third-order valence-corrected chi connectivity index (χ3v) is 5.00. The average Bonchev–Trinajstić information content (AvgIpc) is 3.17. The van der Waals surface area contributed by atoms with Crippen LogP contribution >= 0.6 is 0 Å². The van der Waals surface area contributed by atoms with E-state index in [0.29, 0.717) is 22.6 Å². The van der Waals surface area contributed by atoms with Crippen LogP contribution in [0.2, 0.25) is 0 Å². The topological polar surface area (TPSA) is 113 Å². The van der Waals surface area contributed by atoms with E-state index < -0.39 is 5.97 Å². The van der Waals surface area contributed by atoms with Crippen LogP contribution in [0.4, 0.5) is 5.69 Å². The summed E-state index contributed by atoms with van der Waals surface area (Å²) in [5, 5.41) is 7.16. The number of methoxy groups -OCH3 is 2. The van der Waals surface area contributed by atoms with Crippen molar-refractivity contribution in [2.24, 2.45) is 0 Å². The fourth-order valence-corrected chi connectivity index (χ4v) is 3.32. The molecule has 34 heavy (non-hydrogen) atoms. The first-order valence-electron chi connectivity index (χ1n) is 10.3. The minimum Gasteiger partial charge on any atom is -0.493 e. The van der Waals surface area contributed by atoms with Crippen molar-refractivity contribution in [1.29, 1.82) is 0 Å². The van der Waals surface area contributed by atoms with Crippen molar-refractivity contribution in [3.63, 3.8) is 0 Å². The molecule has 0 spiro atoms. The molecule has 0 radical (unpaired) electrons. The SMILES string of the molecule is COC(=O)COc1cc(C(=O)Nc2cccc(Cn3nc4ccccn4c3=O)c2)ccc1OC. The van der Waals surface area contributed by atoms with Gasteiger partial charge in [-0.1, -0.05) is 18.2 Å². The molecule has 4 aromatic rings. The summed E-state index contributed by atoms with van der Waals surface area (Å²) in [6.45, 7) is -0.0688. The van der Waals surface area contributed by atoms with E-state index in [1.54, 1.807) is 48.7 Å². The quantitative estimate of drug-likeness (QED) is 0.400. The highest BCUT2D eigenvalue weighted by atomic mass is 16.6. The van der Waals surface area contributed by atoms with Crippen molar-refractivity contribution < 1.29 is 23.8 Å². The van der Waals surface area contributed by atoms with Gasteiger partial charge < -0.3 is 19.5 Å². The van der Waals surface area contributed by atoms with Gasteiger partial charge in [0.25, 0.3) is 5.91 Å². The molecule has 0 unspecified atom stereocenters. The monoisotopic (exact) mass is 462 g/mol. The number of esters is 1. The Morgan fingerprint density at radius 3 is 2.62 bits per heavy atom. The number of nitrogens with zero attached hydrogens (tertiary/aromatic N) is 3. The highest BCUT2D eigenvalue weighted by Gasteiger charge is 2.14. The molecule has 0 fully saturated rings. The lowest BCUT2D eigenvalue weighted by Gasteiger charge is -2.12. The minimum atomic E-state index is -0.557. The molecule has 0 bridgehead atoms. The van der Waals surface area contributed by atoms with Gasteiger partial charge in [0.15, 0.2) is 23.8 Å². The summed E-state index contributed by atoms with van der Waals surface area (Å²) in [6.07, 6.45) is 1.66. The normalized spacial score (nSPS) is 10.6. The summed E-state index contributed by atoms with van der Waals surface area (Å²) in [5.74, 6) is -0.327. The number of hydrogen-bond acceptors (Lipinski definition) is 7. The predicted molar refractivity (Wildman–Crippen MR) is 123 cm³/mol. The maximum absolute atomic E-state index is 12.8. The largest absolute Gasteiger partial charge is 0.493 e. The number of ether oxygens (including phenoxy) is 3. The van der Waals surface area contributed by atoms with Crippen LogP contribution in [-0.4, -0.2) is 46.9 Å². The molecule has 10 nitrogen and oxygen atoms in total. The van der Waals surface area contributed by atoms with Crippen molar-refractivity contribution in [3.8, 4) is 11.5 Å². The second-order valence-electron chi connectivity index (χ2n) is 7.25. The number of aromatic nitrogens is 3. The van der Waals surface area contributed by atoms with Gasteiger partial charge in [-0.25, -0.2) is 14.3 Å². The van der Waals surface area contributed by atoms with Crippen LogP contribution < -0.4 is 20.5 Å². The molecule has 10 heteroatoms. The number of carbonyl (C=O) groups excluding carboxylic acids is 2. The van der Waals surface area contributed by atoms with E-state index in [-0.39, 0.29) is 30.5 Å². The van der Waals surface area contributed by atoms with Gasteiger partial charge in [-0.15, -0.1) is 5.10 Å². The molecule has 0 atom stereocenters. The molecule has 1 amide bonds. The number of fused-ring (bicyclic) bond motifs is 1. The van der Waals surface area contributed by atoms with Gasteiger partial charge >= 0.3 is 11.7 Å². The van der Waals surface area contributed by atoms with Crippen molar-refractivity contribution in [3.05, 3.63) is 88.5 Å².